The Labute approximate surface area is 115 Å². The van der Waals surface area contributed by atoms with Crippen molar-refractivity contribution in [2.24, 2.45) is 7.05 Å². The van der Waals surface area contributed by atoms with E-state index in [4.69, 9.17) is 9.47 Å². The lowest BCUT2D eigenvalue weighted by Gasteiger charge is -2.08. The van der Waals surface area contributed by atoms with Crippen molar-refractivity contribution in [3.8, 4) is 6.01 Å². The molecule has 8 heteroatoms. The Kier molecular flexibility index (Phi) is 4.83. The summed E-state index contributed by atoms with van der Waals surface area (Å²) in [5.41, 5.74) is 0.740. The standard InChI is InChI=1S/C12H16FN5O2/c1-3-19-8-15-11-10(13)6-14-12(16-11)20-7-9-4-5-18(2)17-9/h4-6H,3,7-8H2,1-2H3,(H,14,15,16). The molecule has 0 aromatic carbocycles. The summed E-state index contributed by atoms with van der Waals surface area (Å²) in [4.78, 5) is 7.70. The highest BCUT2D eigenvalue weighted by atomic mass is 19.1. The molecule has 0 radical (unpaired) electrons. The number of hydrogen-bond acceptors (Lipinski definition) is 6. The third-order valence-electron chi connectivity index (χ3n) is 2.39. The Balaban J connectivity index is 1.95. The lowest BCUT2D eigenvalue weighted by molar-refractivity contribution is 0.166. The summed E-state index contributed by atoms with van der Waals surface area (Å²) in [6.07, 6.45) is 2.86. The van der Waals surface area contributed by atoms with Gasteiger partial charge in [-0.05, 0) is 13.0 Å². The predicted molar refractivity (Wildman–Crippen MR) is 69.6 cm³/mol. The van der Waals surface area contributed by atoms with Gasteiger partial charge in [-0.1, -0.05) is 0 Å². The summed E-state index contributed by atoms with van der Waals surface area (Å²) < 4.78 is 25.5. The largest absolute Gasteiger partial charge is 0.457 e. The van der Waals surface area contributed by atoms with Crippen LogP contribution in [0, 0.1) is 5.82 Å². The van der Waals surface area contributed by atoms with Crippen LogP contribution in [-0.2, 0) is 18.4 Å². The molecule has 7 nitrogen and oxygen atoms in total. The predicted octanol–water partition coefficient (Wildman–Crippen LogP) is 1.33. The first-order valence-electron chi connectivity index (χ1n) is 6.14. The molecule has 2 rings (SSSR count). The fourth-order valence-electron chi connectivity index (χ4n) is 1.44. The topological polar surface area (TPSA) is 74.1 Å². The number of hydrogen-bond donors (Lipinski definition) is 1. The molecule has 0 aliphatic carbocycles. The minimum Gasteiger partial charge on any atom is -0.457 e. The zero-order valence-corrected chi connectivity index (χ0v) is 11.3. The van der Waals surface area contributed by atoms with E-state index in [2.05, 4.69) is 20.4 Å². The molecule has 2 heterocycles. The van der Waals surface area contributed by atoms with Gasteiger partial charge in [0.15, 0.2) is 11.6 Å². The molecule has 2 aromatic heterocycles. The van der Waals surface area contributed by atoms with Gasteiger partial charge in [-0.3, -0.25) is 4.68 Å². The second kappa shape index (κ2) is 6.80. The molecule has 0 spiro atoms. The average Bonchev–Trinajstić information content (AvgIpc) is 2.85. The van der Waals surface area contributed by atoms with Crippen molar-refractivity contribution in [2.75, 3.05) is 18.7 Å². The number of aromatic nitrogens is 4. The Morgan fingerprint density at radius 2 is 2.30 bits per heavy atom. The Morgan fingerprint density at radius 3 is 3.00 bits per heavy atom. The number of anilines is 1. The van der Waals surface area contributed by atoms with E-state index in [1.54, 1.807) is 10.9 Å². The summed E-state index contributed by atoms with van der Waals surface area (Å²) in [6.45, 7) is 2.77. The van der Waals surface area contributed by atoms with Gasteiger partial charge in [0.2, 0.25) is 0 Å². The third-order valence-corrected chi connectivity index (χ3v) is 2.39. The van der Waals surface area contributed by atoms with Gasteiger partial charge in [0, 0.05) is 19.9 Å². The van der Waals surface area contributed by atoms with Crippen LogP contribution in [0.1, 0.15) is 12.6 Å². The van der Waals surface area contributed by atoms with Crippen LogP contribution in [0.4, 0.5) is 10.2 Å². The average molecular weight is 281 g/mol. The van der Waals surface area contributed by atoms with Crippen LogP contribution in [-0.4, -0.2) is 33.1 Å². The molecule has 0 unspecified atom stereocenters. The Hall–Kier alpha value is -2.22. The summed E-state index contributed by atoms with van der Waals surface area (Å²) >= 11 is 0. The highest BCUT2D eigenvalue weighted by Crippen LogP contribution is 2.13. The number of aryl methyl sites for hydroxylation is 1. The normalized spacial score (nSPS) is 10.6. The van der Waals surface area contributed by atoms with Crippen molar-refractivity contribution < 1.29 is 13.9 Å². The van der Waals surface area contributed by atoms with Gasteiger partial charge in [0.25, 0.3) is 0 Å². The Bertz CT molecular complexity index is 561. The van der Waals surface area contributed by atoms with Crippen molar-refractivity contribution >= 4 is 5.82 Å². The smallest absolute Gasteiger partial charge is 0.318 e. The number of ether oxygens (including phenoxy) is 2. The maximum Gasteiger partial charge on any atom is 0.318 e. The van der Waals surface area contributed by atoms with Gasteiger partial charge in [-0.15, -0.1) is 0 Å². The van der Waals surface area contributed by atoms with Crippen LogP contribution in [0.3, 0.4) is 0 Å². The molecule has 0 saturated carbocycles. The molecule has 0 aliphatic heterocycles. The summed E-state index contributed by atoms with van der Waals surface area (Å²) in [5.74, 6) is -0.514. The molecule has 0 fully saturated rings. The molecule has 0 bridgehead atoms. The molecule has 108 valence electrons. The van der Waals surface area contributed by atoms with Crippen LogP contribution in [0.2, 0.25) is 0 Å². The first-order chi connectivity index (χ1) is 9.69. The molecule has 1 N–H and O–H groups in total. The maximum atomic E-state index is 13.4. The van der Waals surface area contributed by atoms with Crippen LogP contribution >= 0.6 is 0 Å². The lowest BCUT2D eigenvalue weighted by atomic mass is 10.5. The minimum absolute atomic E-state index is 0.0458. The fraction of sp³-hybridized carbons (Fsp3) is 0.417. The molecule has 0 aliphatic rings. The van der Waals surface area contributed by atoms with E-state index in [1.165, 1.54) is 0 Å². The first kappa shape index (κ1) is 14.2. The van der Waals surface area contributed by atoms with Crippen molar-refractivity contribution in [3.05, 3.63) is 30.0 Å². The van der Waals surface area contributed by atoms with E-state index in [9.17, 15) is 4.39 Å². The second-order valence-corrected chi connectivity index (χ2v) is 3.93. The van der Waals surface area contributed by atoms with E-state index >= 15 is 0 Å². The number of nitrogens with one attached hydrogen (secondary N) is 1. The van der Waals surface area contributed by atoms with Crippen molar-refractivity contribution in [2.45, 2.75) is 13.5 Å². The molecular formula is C12H16FN5O2. The molecular weight excluding hydrogens is 265 g/mol. The van der Waals surface area contributed by atoms with Gasteiger partial charge < -0.3 is 14.8 Å². The number of nitrogens with zero attached hydrogens (tertiary/aromatic N) is 4. The number of rotatable bonds is 7. The monoisotopic (exact) mass is 281 g/mol. The number of halogens is 1. The van der Waals surface area contributed by atoms with E-state index in [0.29, 0.717) is 6.61 Å². The van der Waals surface area contributed by atoms with Crippen LogP contribution < -0.4 is 10.1 Å². The highest BCUT2D eigenvalue weighted by molar-refractivity contribution is 5.35. The van der Waals surface area contributed by atoms with Crippen molar-refractivity contribution in [1.82, 2.24) is 19.7 Å². The maximum absolute atomic E-state index is 13.4. The summed E-state index contributed by atoms with van der Waals surface area (Å²) in [5, 5.41) is 6.86. The SMILES string of the molecule is CCOCNc1nc(OCc2ccn(C)n2)ncc1F. The van der Waals surface area contributed by atoms with Gasteiger partial charge >= 0.3 is 6.01 Å². The molecule has 2 aromatic rings. The van der Waals surface area contributed by atoms with E-state index in [0.717, 1.165) is 11.9 Å². The van der Waals surface area contributed by atoms with Crippen LogP contribution in [0.15, 0.2) is 18.5 Å². The summed E-state index contributed by atoms with van der Waals surface area (Å²) in [7, 11) is 1.81. The molecule has 0 atom stereocenters. The second-order valence-electron chi connectivity index (χ2n) is 3.93. The fourth-order valence-corrected chi connectivity index (χ4v) is 1.44. The molecule has 0 saturated heterocycles. The first-order valence-corrected chi connectivity index (χ1v) is 6.14. The van der Waals surface area contributed by atoms with Crippen molar-refractivity contribution in [3.63, 3.8) is 0 Å². The van der Waals surface area contributed by atoms with Gasteiger partial charge in [0.1, 0.15) is 13.3 Å². The van der Waals surface area contributed by atoms with E-state index in [1.807, 2.05) is 20.0 Å². The Morgan fingerprint density at radius 1 is 1.45 bits per heavy atom. The van der Waals surface area contributed by atoms with Gasteiger partial charge in [-0.2, -0.15) is 10.1 Å². The van der Waals surface area contributed by atoms with Gasteiger partial charge in [-0.25, -0.2) is 9.37 Å². The van der Waals surface area contributed by atoms with Crippen LogP contribution in [0.25, 0.3) is 0 Å². The van der Waals surface area contributed by atoms with Crippen LogP contribution in [0.5, 0.6) is 6.01 Å². The van der Waals surface area contributed by atoms with E-state index < -0.39 is 5.82 Å². The molecule has 20 heavy (non-hydrogen) atoms. The zero-order chi connectivity index (χ0) is 14.4. The highest BCUT2D eigenvalue weighted by Gasteiger charge is 2.08. The minimum atomic E-state index is -0.560. The third kappa shape index (κ3) is 3.89. The zero-order valence-electron chi connectivity index (χ0n) is 11.3. The quantitative estimate of drug-likeness (QED) is 0.609. The van der Waals surface area contributed by atoms with E-state index in [-0.39, 0.29) is 25.2 Å². The van der Waals surface area contributed by atoms with Gasteiger partial charge in [0.05, 0.1) is 11.9 Å². The summed E-state index contributed by atoms with van der Waals surface area (Å²) in [6, 6.07) is 1.90. The van der Waals surface area contributed by atoms with Crippen molar-refractivity contribution in [1.29, 1.82) is 0 Å². The molecule has 0 amide bonds. The lowest BCUT2D eigenvalue weighted by Crippen LogP contribution is -2.10.